The van der Waals surface area contributed by atoms with Gasteiger partial charge in [-0.2, -0.15) is 0 Å². The maximum Gasteiger partial charge on any atom is 0.573 e. The fourth-order valence-electron chi connectivity index (χ4n) is 2.41. The van der Waals surface area contributed by atoms with E-state index in [1.165, 1.54) is 12.1 Å². The third-order valence-electron chi connectivity index (χ3n) is 3.58. The van der Waals surface area contributed by atoms with Gasteiger partial charge in [0, 0.05) is 18.2 Å². The van der Waals surface area contributed by atoms with E-state index in [0.717, 1.165) is 12.1 Å². The highest BCUT2D eigenvalue weighted by molar-refractivity contribution is 14.0. The number of carbonyl (C=O) groups is 1. The number of hydrogen-bond donors (Lipinski definition) is 3. The molecule has 0 spiro atoms. The summed E-state index contributed by atoms with van der Waals surface area (Å²) >= 11 is 0. The lowest BCUT2D eigenvalue weighted by molar-refractivity contribution is -0.274. The minimum Gasteiger partial charge on any atom is -0.406 e. The van der Waals surface area contributed by atoms with Crippen LogP contribution in [-0.2, 0) is 14.6 Å². The number of amides is 1. The molecule has 0 aliphatic carbocycles. The van der Waals surface area contributed by atoms with Crippen molar-refractivity contribution >= 4 is 51.4 Å². The lowest BCUT2D eigenvalue weighted by Crippen LogP contribution is -2.36. The zero-order chi connectivity index (χ0) is 20.1. The SMILES string of the molecule is I.NC(=NCCC(=O)NC1CCS(=O)(=O)C1)Nc1ccc(OC(F)(F)F)cc1. The normalized spacial score (nSPS) is 18.8. The molecule has 158 valence electrons. The zero-order valence-corrected chi connectivity index (χ0v) is 17.7. The Morgan fingerprint density at radius 1 is 1.29 bits per heavy atom. The molecule has 1 unspecified atom stereocenters. The Kier molecular flexibility index (Phi) is 8.78. The van der Waals surface area contributed by atoms with Gasteiger partial charge in [-0.3, -0.25) is 9.79 Å². The molecular weight excluding hydrogens is 516 g/mol. The molecule has 1 amide bonds. The molecule has 0 radical (unpaired) electrons. The first-order valence-corrected chi connectivity index (χ1v) is 9.77. The van der Waals surface area contributed by atoms with Crippen molar-refractivity contribution < 1.29 is 31.1 Å². The number of benzene rings is 1. The van der Waals surface area contributed by atoms with Gasteiger partial charge in [0.15, 0.2) is 15.8 Å². The molecule has 1 atom stereocenters. The van der Waals surface area contributed by atoms with Crippen LogP contribution in [-0.4, -0.2) is 50.7 Å². The lowest BCUT2D eigenvalue weighted by atomic mass is 10.2. The standard InChI is InChI=1S/C15H19F3N4O4S.HI/c16-15(17,18)26-12-3-1-10(2-4-12)22-14(19)20-7-5-13(23)21-11-6-8-27(24,25)9-11;/h1-4,11H,5-9H2,(H,21,23)(H3,19,20,22);1H. The van der Waals surface area contributed by atoms with Crippen LogP contribution >= 0.6 is 24.0 Å². The van der Waals surface area contributed by atoms with Crippen molar-refractivity contribution in [2.45, 2.75) is 25.2 Å². The molecule has 1 fully saturated rings. The van der Waals surface area contributed by atoms with Crippen LogP contribution in [0.2, 0.25) is 0 Å². The fourth-order valence-corrected chi connectivity index (χ4v) is 4.09. The second-order valence-corrected chi connectivity index (χ2v) is 8.11. The van der Waals surface area contributed by atoms with Crippen LogP contribution in [0.1, 0.15) is 12.8 Å². The Morgan fingerprint density at radius 2 is 1.93 bits per heavy atom. The molecule has 4 N–H and O–H groups in total. The second kappa shape index (κ2) is 10.1. The monoisotopic (exact) mass is 536 g/mol. The minimum absolute atomic E-state index is 0. The van der Waals surface area contributed by atoms with Crippen molar-refractivity contribution in [3.63, 3.8) is 0 Å². The van der Waals surface area contributed by atoms with E-state index in [-0.39, 0.29) is 72.1 Å². The molecule has 1 aliphatic heterocycles. The molecule has 1 heterocycles. The van der Waals surface area contributed by atoms with Crippen LogP contribution in [0.25, 0.3) is 0 Å². The maximum atomic E-state index is 12.1. The fraction of sp³-hybridized carbons (Fsp3) is 0.467. The predicted octanol–water partition coefficient (Wildman–Crippen LogP) is 1.62. The summed E-state index contributed by atoms with van der Waals surface area (Å²) in [7, 11) is -3.07. The van der Waals surface area contributed by atoms with Gasteiger partial charge in [0.25, 0.3) is 0 Å². The van der Waals surface area contributed by atoms with Crippen molar-refractivity contribution in [3.05, 3.63) is 24.3 Å². The number of anilines is 1. The van der Waals surface area contributed by atoms with Crippen molar-refractivity contribution in [2.24, 2.45) is 10.7 Å². The largest absolute Gasteiger partial charge is 0.573 e. The second-order valence-electron chi connectivity index (χ2n) is 5.88. The van der Waals surface area contributed by atoms with E-state index in [2.05, 4.69) is 20.4 Å². The summed E-state index contributed by atoms with van der Waals surface area (Å²) < 4.78 is 62.7. The number of nitrogens with two attached hydrogens (primary N) is 1. The summed E-state index contributed by atoms with van der Waals surface area (Å²) in [5, 5.41) is 5.30. The first-order valence-electron chi connectivity index (χ1n) is 7.95. The lowest BCUT2D eigenvalue weighted by Gasteiger charge is -2.11. The summed E-state index contributed by atoms with van der Waals surface area (Å²) in [5.41, 5.74) is 6.04. The maximum absolute atomic E-state index is 12.1. The third kappa shape index (κ3) is 8.95. The average molecular weight is 536 g/mol. The number of nitrogens with zero attached hydrogens (tertiary/aromatic N) is 1. The van der Waals surface area contributed by atoms with Crippen molar-refractivity contribution in [1.29, 1.82) is 0 Å². The van der Waals surface area contributed by atoms with Gasteiger partial charge in [0.05, 0.1) is 18.1 Å². The van der Waals surface area contributed by atoms with Gasteiger partial charge in [0.1, 0.15) is 5.75 Å². The Morgan fingerprint density at radius 3 is 2.46 bits per heavy atom. The van der Waals surface area contributed by atoms with Crippen LogP contribution in [0, 0.1) is 0 Å². The Bertz CT molecular complexity index is 800. The number of hydrogen-bond acceptors (Lipinski definition) is 5. The molecule has 1 aliphatic rings. The van der Waals surface area contributed by atoms with Crippen LogP contribution in [0.15, 0.2) is 29.3 Å². The molecule has 1 aromatic carbocycles. The molecule has 1 aromatic rings. The number of sulfone groups is 1. The summed E-state index contributed by atoms with van der Waals surface area (Å²) in [4.78, 5) is 15.7. The quantitative estimate of drug-likeness (QED) is 0.289. The van der Waals surface area contributed by atoms with Crippen LogP contribution in [0.4, 0.5) is 18.9 Å². The number of halogens is 4. The number of nitrogens with one attached hydrogen (secondary N) is 2. The van der Waals surface area contributed by atoms with Gasteiger partial charge >= 0.3 is 6.36 Å². The Labute approximate surface area is 177 Å². The predicted molar refractivity (Wildman–Crippen MR) is 108 cm³/mol. The smallest absolute Gasteiger partial charge is 0.406 e. The van der Waals surface area contributed by atoms with E-state index >= 15 is 0 Å². The van der Waals surface area contributed by atoms with Crippen LogP contribution < -0.4 is 21.1 Å². The summed E-state index contributed by atoms with van der Waals surface area (Å²) in [6, 6.07) is 4.52. The molecule has 0 saturated carbocycles. The molecular formula is C15H20F3IN4O4S. The third-order valence-corrected chi connectivity index (χ3v) is 5.35. The van der Waals surface area contributed by atoms with E-state index in [1.807, 2.05) is 0 Å². The van der Waals surface area contributed by atoms with E-state index in [9.17, 15) is 26.4 Å². The Balaban J connectivity index is 0.00000392. The topological polar surface area (TPSA) is 123 Å². The summed E-state index contributed by atoms with van der Waals surface area (Å²) in [5.74, 6) is -0.702. The zero-order valence-electron chi connectivity index (χ0n) is 14.5. The van der Waals surface area contributed by atoms with Gasteiger partial charge < -0.3 is 21.1 Å². The number of alkyl halides is 3. The van der Waals surface area contributed by atoms with Gasteiger partial charge in [-0.1, -0.05) is 0 Å². The van der Waals surface area contributed by atoms with E-state index in [1.54, 1.807) is 0 Å². The van der Waals surface area contributed by atoms with Crippen molar-refractivity contribution in [3.8, 4) is 5.75 Å². The minimum atomic E-state index is -4.77. The Hall–Kier alpha value is -1.77. The summed E-state index contributed by atoms with van der Waals surface area (Å²) in [6.45, 7) is 0.0689. The number of ether oxygens (including phenoxy) is 1. The molecule has 0 aromatic heterocycles. The van der Waals surface area contributed by atoms with Gasteiger partial charge in [-0.15, -0.1) is 37.1 Å². The molecule has 2 rings (SSSR count). The van der Waals surface area contributed by atoms with Crippen LogP contribution in [0.5, 0.6) is 5.75 Å². The van der Waals surface area contributed by atoms with Crippen molar-refractivity contribution in [1.82, 2.24) is 5.32 Å². The van der Waals surface area contributed by atoms with Gasteiger partial charge in [0.2, 0.25) is 5.91 Å². The highest BCUT2D eigenvalue weighted by Gasteiger charge is 2.31. The number of guanidine groups is 1. The average Bonchev–Trinajstić information content (AvgIpc) is 2.86. The highest BCUT2D eigenvalue weighted by Crippen LogP contribution is 2.23. The first kappa shape index (κ1) is 24.3. The van der Waals surface area contributed by atoms with Gasteiger partial charge in [-0.05, 0) is 30.7 Å². The molecule has 13 heteroatoms. The molecule has 1 saturated heterocycles. The van der Waals surface area contributed by atoms with E-state index in [4.69, 9.17) is 5.73 Å². The van der Waals surface area contributed by atoms with Crippen LogP contribution in [0.3, 0.4) is 0 Å². The number of aliphatic imine (C=N–C) groups is 1. The van der Waals surface area contributed by atoms with Crippen molar-refractivity contribution in [2.75, 3.05) is 23.4 Å². The molecule has 0 bridgehead atoms. The van der Waals surface area contributed by atoms with E-state index in [0.29, 0.717) is 12.1 Å². The number of carbonyl (C=O) groups excluding carboxylic acids is 1. The molecule has 28 heavy (non-hydrogen) atoms. The first-order chi connectivity index (χ1) is 12.5. The number of rotatable bonds is 6. The van der Waals surface area contributed by atoms with Gasteiger partial charge in [-0.25, -0.2) is 8.42 Å². The highest BCUT2D eigenvalue weighted by atomic mass is 127. The van der Waals surface area contributed by atoms with E-state index < -0.39 is 16.2 Å². The molecule has 8 nitrogen and oxygen atoms in total. The summed E-state index contributed by atoms with van der Waals surface area (Å²) in [6.07, 6.45) is -4.34.